The molecule has 15 nitrogen and oxygen atoms in total. The van der Waals surface area contributed by atoms with Crippen molar-refractivity contribution in [3.63, 3.8) is 0 Å². The molecular weight excluding hydrogens is 964 g/mol. The second-order valence-corrected chi connectivity index (χ2v) is 22.2. The third-order valence-electron chi connectivity index (χ3n) is 14.5. The SMILES string of the molecule is C#Cc1ccc(OC2C(C)(C)C(NC(=O)c3ccc(OCCOCCOCCOCCOCCO[C@@H]4Cc5ccccc5[C@@H]4NC(=O)[C@@H]4CCCN4C(=O)[C@@H](NC(=O)[C@H](C)CC)C(C)(C)C)cc3)C2(C)C)cc1Cl. The molecule has 0 spiro atoms. The number of ether oxygens (including phenoxy) is 7. The van der Waals surface area contributed by atoms with Gasteiger partial charge in [0.25, 0.3) is 5.91 Å². The van der Waals surface area contributed by atoms with E-state index in [1.165, 1.54) is 0 Å². The predicted octanol–water partition coefficient (Wildman–Crippen LogP) is 7.75. The molecule has 0 unspecified atom stereocenters. The van der Waals surface area contributed by atoms with Gasteiger partial charge in [0.05, 0.1) is 76.6 Å². The summed E-state index contributed by atoms with van der Waals surface area (Å²) >= 11 is 6.31. The summed E-state index contributed by atoms with van der Waals surface area (Å²) in [5.41, 5.74) is 2.01. The molecule has 3 aliphatic rings. The van der Waals surface area contributed by atoms with Gasteiger partial charge in [0, 0.05) is 52.9 Å². The molecule has 3 aromatic carbocycles. The fourth-order valence-corrected chi connectivity index (χ4v) is 10.7. The average molecular weight is 1040 g/mol. The number of terminal acetylenes is 1. The summed E-state index contributed by atoms with van der Waals surface area (Å²) in [4.78, 5) is 55.9. The fraction of sp³-hybridized carbons (Fsp3) is 0.586. The highest BCUT2D eigenvalue weighted by Crippen LogP contribution is 2.55. The molecule has 1 saturated heterocycles. The normalized spacial score (nSPS) is 21.4. The highest BCUT2D eigenvalue weighted by molar-refractivity contribution is 6.31. The molecule has 2 fully saturated rings. The molecule has 0 radical (unpaired) electrons. The molecule has 5 atom stereocenters. The molecular formula is C58H79ClN4O11. The maximum atomic E-state index is 14.0. The molecule has 404 valence electrons. The monoisotopic (exact) mass is 1040 g/mol. The van der Waals surface area contributed by atoms with Crippen molar-refractivity contribution in [1.82, 2.24) is 20.9 Å². The number of halogens is 1. The van der Waals surface area contributed by atoms with E-state index in [1.54, 1.807) is 41.3 Å². The molecule has 3 N–H and O–H groups in total. The van der Waals surface area contributed by atoms with Crippen LogP contribution in [0.2, 0.25) is 5.02 Å². The lowest BCUT2D eigenvalue weighted by atomic mass is 9.49. The summed E-state index contributed by atoms with van der Waals surface area (Å²) in [5.74, 6) is 2.83. The Morgan fingerprint density at radius 3 is 2.00 bits per heavy atom. The Hall–Kier alpha value is -5.21. The van der Waals surface area contributed by atoms with Crippen LogP contribution in [0.4, 0.5) is 0 Å². The Morgan fingerprint density at radius 1 is 0.811 bits per heavy atom. The summed E-state index contributed by atoms with van der Waals surface area (Å²) in [7, 11) is 0. The zero-order valence-corrected chi connectivity index (χ0v) is 45.6. The van der Waals surface area contributed by atoms with Gasteiger partial charge in [-0.3, -0.25) is 19.2 Å². The maximum absolute atomic E-state index is 14.0. The average Bonchev–Trinajstić information content (AvgIpc) is 4.01. The summed E-state index contributed by atoms with van der Waals surface area (Å²) in [5, 5.41) is 9.92. The first kappa shape index (κ1) is 58.1. The third kappa shape index (κ3) is 14.8. The predicted molar refractivity (Wildman–Crippen MR) is 284 cm³/mol. The van der Waals surface area contributed by atoms with Gasteiger partial charge >= 0.3 is 0 Å². The third-order valence-corrected chi connectivity index (χ3v) is 14.8. The molecule has 16 heteroatoms. The Morgan fingerprint density at radius 2 is 1.41 bits per heavy atom. The number of fused-ring (bicyclic) bond motifs is 1. The number of nitrogens with one attached hydrogen (secondary N) is 3. The standard InChI is InChI=1S/C58H79ClN4O11/c1-11-38(3)50(64)61-49(56(4,5)6)53(67)63-25-15-18-46(63)52(66)60-48-44-17-14-13-16-41(44)36-47(48)73-35-33-71-31-29-69-27-26-68-28-30-70-32-34-72-42-22-20-40(21-23-42)51(65)62-54-57(7,8)55(58(54,9)10)74-43-24-19-39(12-2)45(59)37-43/h2,13-14,16-17,19-24,37-38,46-49,54-55H,11,15,18,25-36H2,1,3-10H3,(H,60,66)(H,61,64)(H,62,65)/t38-,46+,47-,48+,49-,54?,55?/m1/s1. The van der Waals surface area contributed by atoms with Crippen LogP contribution in [0.5, 0.6) is 11.5 Å². The number of hydrogen-bond acceptors (Lipinski definition) is 11. The summed E-state index contributed by atoms with van der Waals surface area (Å²) < 4.78 is 41.3. The first-order chi connectivity index (χ1) is 35.3. The molecule has 3 aromatic rings. The molecule has 1 aliphatic heterocycles. The van der Waals surface area contributed by atoms with Crippen molar-refractivity contribution >= 4 is 35.2 Å². The molecule has 4 amide bonds. The van der Waals surface area contributed by atoms with E-state index in [0.29, 0.717) is 126 Å². The van der Waals surface area contributed by atoms with Crippen molar-refractivity contribution in [1.29, 1.82) is 0 Å². The van der Waals surface area contributed by atoms with E-state index in [1.807, 2.05) is 58.9 Å². The van der Waals surface area contributed by atoms with E-state index in [4.69, 9.17) is 51.2 Å². The smallest absolute Gasteiger partial charge is 0.251 e. The summed E-state index contributed by atoms with van der Waals surface area (Å²) in [6.45, 7) is 22.2. The molecule has 74 heavy (non-hydrogen) atoms. The van der Waals surface area contributed by atoms with Gasteiger partial charge < -0.3 is 54.0 Å². The molecule has 1 saturated carbocycles. The molecule has 6 rings (SSSR count). The number of likely N-dealkylation sites (tertiary alicyclic amines) is 1. The topological polar surface area (TPSA) is 172 Å². The lowest BCUT2D eigenvalue weighted by molar-refractivity contribution is -0.164. The summed E-state index contributed by atoms with van der Waals surface area (Å²) in [6.07, 6.45) is 7.60. The van der Waals surface area contributed by atoms with Gasteiger partial charge in [0.15, 0.2) is 0 Å². The van der Waals surface area contributed by atoms with Crippen LogP contribution in [0.3, 0.4) is 0 Å². The minimum Gasteiger partial charge on any atom is -0.491 e. The molecule has 1 heterocycles. The zero-order chi connectivity index (χ0) is 53.6. The van der Waals surface area contributed by atoms with Crippen LogP contribution >= 0.6 is 11.6 Å². The minimum atomic E-state index is -0.753. The van der Waals surface area contributed by atoms with Crippen LogP contribution in [0.25, 0.3) is 0 Å². The highest BCUT2D eigenvalue weighted by atomic mass is 35.5. The Bertz CT molecular complexity index is 2380. The molecule has 0 aromatic heterocycles. The molecule has 0 bridgehead atoms. The van der Waals surface area contributed by atoms with E-state index in [-0.39, 0.29) is 64.7 Å². The summed E-state index contributed by atoms with van der Waals surface area (Å²) in [6, 6.07) is 18.5. The molecule has 2 aliphatic carbocycles. The van der Waals surface area contributed by atoms with Gasteiger partial charge in [-0.15, -0.1) is 6.42 Å². The zero-order valence-electron chi connectivity index (χ0n) is 44.9. The van der Waals surface area contributed by atoms with Crippen LogP contribution in [0.15, 0.2) is 66.7 Å². The van der Waals surface area contributed by atoms with Crippen LogP contribution in [-0.4, -0.2) is 131 Å². The number of hydrogen-bond donors (Lipinski definition) is 3. The second kappa shape index (κ2) is 26.5. The number of carbonyl (C=O) groups excluding carboxylic acids is 4. The van der Waals surface area contributed by atoms with Gasteiger partial charge in [0.1, 0.15) is 36.3 Å². The van der Waals surface area contributed by atoms with E-state index >= 15 is 0 Å². The second-order valence-electron chi connectivity index (χ2n) is 21.8. The Kier molecular flexibility index (Phi) is 20.8. The minimum absolute atomic E-state index is 0.138. The fourth-order valence-electron chi connectivity index (χ4n) is 10.5. The lowest BCUT2D eigenvalue weighted by Gasteiger charge is -2.63. The highest BCUT2D eigenvalue weighted by Gasteiger charge is 2.64. The van der Waals surface area contributed by atoms with E-state index < -0.39 is 17.5 Å². The van der Waals surface area contributed by atoms with Crippen molar-refractivity contribution in [2.75, 3.05) is 72.6 Å². The van der Waals surface area contributed by atoms with Gasteiger partial charge in [-0.1, -0.05) is 104 Å². The van der Waals surface area contributed by atoms with Gasteiger partial charge in [-0.25, -0.2) is 0 Å². The van der Waals surface area contributed by atoms with Crippen molar-refractivity contribution in [3.8, 4) is 23.8 Å². The first-order valence-corrected chi connectivity index (χ1v) is 26.5. The number of benzene rings is 3. The Labute approximate surface area is 443 Å². The maximum Gasteiger partial charge on any atom is 0.251 e. The van der Waals surface area contributed by atoms with Crippen molar-refractivity contribution in [2.45, 2.75) is 124 Å². The van der Waals surface area contributed by atoms with Crippen LogP contribution in [0.1, 0.15) is 115 Å². The number of carbonyl (C=O) groups is 4. The van der Waals surface area contributed by atoms with E-state index in [2.05, 4.69) is 55.6 Å². The van der Waals surface area contributed by atoms with Crippen LogP contribution in [-0.2, 0) is 44.5 Å². The van der Waals surface area contributed by atoms with Crippen molar-refractivity contribution in [3.05, 3.63) is 94.0 Å². The Balaban J connectivity index is 0.798. The largest absolute Gasteiger partial charge is 0.491 e. The van der Waals surface area contributed by atoms with Gasteiger partial charge in [-0.05, 0) is 72.2 Å². The van der Waals surface area contributed by atoms with Crippen molar-refractivity contribution in [2.24, 2.45) is 22.2 Å². The number of nitrogens with zero attached hydrogens (tertiary/aromatic N) is 1. The lowest BCUT2D eigenvalue weighted by Crippen LogP contribution is -2.74. The number of rotatable bonds is 27. The quantitative estimate of drug-likeness (QED) is 0.0504. The first-order valence-electron chi connectivity index (χ1n) is 26.2. The van der Waals surface area contributed by atoms with Crippen LogP contribution < -0.4 is 25.4 Å². The van der Waals surface area contributed by atoms with Crippen molar-refractivity contribution < 1.29 is 52.3 Å². The van der Waals surface area contributed by atoms with E-state index in [0.717, 1.165) is 11.1 Å². The van der Waals surface area contributed by atoms with Crippen LogP contribution in [0, 0.1) is 34.5 Å². The van der Waals surface area contributed by atoms with Gasteiger partial charge in [0.2, 0.25) is 17.7 Å². The van der Waals surface area contributed by atoms with Gasteiger partial charge in [-0.2, -0.15) is 0 Å². The number of amides is 4. The van der Waals surface area contributed by atoms with E-state index in [9.17, 15) is 19.2 Å².